The summed E-state index contributed by atoms with van der Waals surface area (Å²) in [6, 6.07) is 0. The van der Waals surface area contributed by atoms with Crippen LogP contribution in [0.3, 0.4) is 0 Å². The zero-order valence-electron chi connectivity index (χ0n) is 23.0. The van der Waals surface area contributed by atoms with E-state index in [0.29, 0.717) is 0 Å². The standard InChI is InChI=1S/10Mo.H4O4P.10H2O.27O.2V/c;;;;;;;;;;1-5(2,3)4;;;;;;;;;;;;;;;;;;;;;;;;;;;;;;;;;;;;;;;/h;;;;;;;;;;1-4H;10*1H2;;;;;;;;;;;;;;;;;;;;;;;;;;;;;/q;;;;;6*+1;;;;;;;;;;;;;;;;;;;;;;;;;;;;;;;;;;;;;-1;;/p-5. The van der Waals surface area contributed by atoms with Crippen LogP contribution in [0, 0.1) is 0 Å². The molecule has 41 nitrogen and oxygen atoms in total. The fraction of sp³-hybridized carbons (Fsp3) is 0. The smallest absolute Gasteiger partial charge is 0 e. The molecule has 0 saturated carbocycles. The van der Waals surface area contributed by atoms with Crippen LogP contribution in [0.5, 0.6) is 0 Å². The van der Waals surface area contributed by atoms with Gasteiger partial charge in [0.05, 0.1) is 0 Å². The third-order valence-electron chi connectivity index (χ3n) is 1.35. The molecule has 2 aliphatic heterocycles. The van der Waals surface area contributed by atoms with Gasteiger partial charge in [0.15, 0.2) is 0 Å². The van der Waals surface area contributed by atoms with Crippen LogP contribution in [0.4, 0.5) is 0 Å². The topological polar surface area (TPSA) is 744 Å². The van der Waals surface area contributed by atoms with E-state index in [4.69, 9.17) is 38.4 Å². The Bertz CT molecular complexity index is 1770. The Balaban J connectivity index is -0.0000000555. The Morgan fingerprint density at radius 3 is 0.667 bits per heavy atom. The van der Waals surface area contributed by atoms with Gasteiger partial charge in [0.25, 0.3) is 0 Å². The molecule has 0 atom stereocenters. The van der Waals surface area contributed by atoms with Gasteiger partial charge < -0.3 is 27.4 Å². The van der Waals surface area contributed by atoms with Crippen molar-refractivity contribution >= 4 is 8.17 Å². The fourth-order valence-corrected chi connectivity index (χ4v) is 43.4. The SMILES string of the molecule is O.O.O.O.O.O[P+](O)(O)O.[O]=[Mo](=[O])([OH])[O][Mo](=[O])(=[O])[OH].[O]=[Mo](=[O])([OH])[O][Mo](=[O])(=[O])[OH].[O]=[Mo]1([O-])[O][Mo](=[O])(=[O])[O][Mo](=[O])(=[O])[O]1.[O]=[Mo]1([OH])[O][Mo](=[O])(=[O])[O][Mo](=[O])(=[O])[O]1.[V].[V]. The molecule has 0 aromatic carbocycles. The largest absolute Gasteiger partial charge is 0 e. The minimum Gasteiger partial charge on any atom is 0 e. The summed E-state index contributed by atoms with van der Waals surface area (Å²) in [7, 11) is -4.39. The van der Waals surface area contributed by atoms with E-state index in [1.807, 2.05) is 0 Å². The molecule has 2 saturated heterocycles. The van der Waals surface area contributed by atoms with E-state index in [0.717, 1.165) is 0 Å². The van der Waals surface area contributed by atoms with Crippen LogP contribution in [0.1, 0.15) is 0 Å². The summed E-state index contributed by atoms with van der Waals surface area (Å²) in [6.07, 6.45) is 0. The predicted octanol–water partition coefficient (Wildman–Crippen LogP) is -12.2. The number of hydrogen-bond donors (Lipinski definition) is 9. The Morgan fingerprint density at radius 1 is 0.426 bits per heavy atom. The Morgan fingerprint density at radius 2 is 0.574 bits per heavy atom. The van der Waals surface area contributed by atoms with Crippen molar-refractivity contribution in [3.63, 3.8) is 0 Å². The fourth-order valence-electron chi connectivity index (χ4n) is 0.904. The molecule has 54 heavy (non-hydrogen) atoms. The third kappa shape index (κ3) is 62.6. The molecule has 2 fully saturated rings. The van der Waals surface area contributed by atoms with Crippen molar-refractivity contribution < 1.29 is 352 Å². The summed E-state index contributed by atoms with van der Waals surface area (Å²) < 4.78 is 256. The average Bonchev–Trinajstić information content (AvgIpc) is 2.44. The van der Waals surface area contributed by atoms with E-state index in [1.165, 1.54) is 0 Å². The molecule has 54 heteroatoms. The van der Waals surface area contributed by atoms with E-state index >= 15 is 0 Å². The van der Waals surface area contributed by atoms with Crippen LogP contribution in [0.25, 0.3) is 0 Å². The van der Waals surface area contributed by atoms with Gasteiger partial charge in [0.1, 0.15) is 0 Å². The monoisotopic (exact) mass is 1790 g/mol. The molecule has 2 radical (unpaired) electrons. The molecule has 0 unspecified atom stereocenters. The molecule has 0 aliphatic carbocycles. The van der Waals surface area contributed by atoms with Gasteiger partial charge in [-0.2, -0.15) is 19.6 Å². The van der Waals surface area contributed by atoms with Crippen LogP contribution in [-0.4, -0.2) is 65.8 Å². The van der Waals surface area contributed by atoms with Gasteiger partial charge >= 0.3 is 277 Å². The second kappa shape index (κ2) is 29.3. The summed E-state index contributed by atoms with van der Waals surface area (Å²) in [5, 5.41) is 0. The third-order valence-corrected chi connectivity index (χ3v) is 47.2. The van der Waals surface area contributed by atoms with Gasteiger partial charge in [-0.05, 0) is 0 Å². The van der Waals surface area contributed by atoms with E-state index in [-0.39, 0.29) is 64.5 Å². The Hall–Kier alpha value is 3.96. The van der Waals surface area contributed by atoms with E-state index in [2.05, 4.69) is 16.3 Å². The minimum atomic E-state index is -6.09. The molecule has 19 N–H and O–H groups in total. The molecule has 0 bridgehead atoms. The van der Waals surface area contributed by atoms with Crippen molar-refractivity contribution in [1.29, 1.82) is 0 Å². The summed E-state index contributed by atoms with van der Waals surface area (Å²) in [5.74, 6) is 0. The van der Waals surface area contributed by atoms with Gasteiger partial charge in [-0.3, -0.25) is 0 Å². The molecule has 0 aromatic heterocycles. The number of hydrogen-bond acceptors (Lipinski definition) is 31. The van der Waals surface area contributed by atoms with Gasteiger partial charge in [0.2, 0.25) is 0 Å². The van der Waals surface area contributed by atoms with Gasteiger partial charge in [-0.25, -0.2) is 0 Å². The van der Waals surface area contributed by atoms with Crippen molar-refractivity contribution in [1.82, 2.24) is 0 Å². The van der Waals surface area contributed by atoms with E-state index in [1.54, 1.807) is 0 Å². The van der Waals surface area contributed by atoms with Crippen molar-refractivity contribution in [2.24, 2.45) is 0 Å². The maximum Gasteiger partial charge on any atom is 0 e. The first-order valence-electron chi connectivity index (χ1n) is 7.55. The molecular formula is H19Mo10O41PV2. The zero-order valence-corrected chi connectivity index (χ0v) is 46.7. The number of rotatable bonds is 4. The minimum absolute atomic E-state index is 0. The first-order chi connectivity index (χ1) is 19.7. The molecule has 0 amide bonds. The van der Waals surface area contributed by atoms with Gasteiger partial charge in [-0.15, -0.1) is 0 Å². The first-order valence-corrected chi connectivity index (χ1v) is 42.3. The second-order valence-electron chi connectivity index (χ2n) is 5.26. The Kier molecular flexibility index (Phi) is 44.4. The normalized spacial score (nSPS) is 19.4. The summed E-state index contributed by atoms with van der Waals surface area (Å²) in [4.78, 5) is 29.2. The van der Waals surface area contributed by atoms with Crippen molar-refractivity contribution in [3.8, 4) is 0 Å². The van der Waals surface area contributed by atoms with Gasteiger partial charge in [0, 0.05) is 37.1 Å². The molecule has 0 spiro atoms. The Labute approximate surface area is 354 Å². The maximum atomic E-state index is 10.5. The molecule has 2 heterocycles. The molecule has 340 valence electrons. The van der Waals surface area contributed by atoms with Crippen LogP contribution in [0.15, 0.2) is 0 Å². The quantitative estimate of drug-likeness (QED) is 0.0932. The summed E-state index contributed by atoms with van der Waals surface area (Å²) in [5.41, 5.74) is 0. The summed E-state index contributed by atoms with van der Waals surface area (Å²) in [6.45, 7) is 0. The van der Waals surface area contributed by atoms with Gasteiger partial charge in [-0.1, -0.05) is 0 Å². The van der Waals surface area contributed by atoms with Crippen LogP contribution < -0.4 is 3.76 Å². The molecule has 2 aliphatic rings. The van der Waals surface area contributed by atoms with Crippen molar-refractivity contribution in [3.05, 3.63) is 0 Å². The summed E-state index contributed by atoms with van der Waals surface area (Å²) >= 11 is -60.4. The maximum absolute atomic E-state index is 10.5. The van der Waals surface area contributed by atoms with Crippen molar-refractivity contribution in [2.45, 2.75) is 0 Å². The van der Waals surface area contributed by atoms with Crippen LogP contribution in [-0.2, 0) is 283 Å². The predicted molar refractivity (Wildman–Crippen MR) is 66.0 cm³/mol. The first kappa shape index (κ1) is 81.8. The zero-order chi connectivity index (χ0) is 39.2. The second-order valence-corrected chi connectivity index (χ2v) is 45.4. The van der Waals surface area contributed by atoms with Crippen LogP contribution in [0.2, 0.25) is 0 Å². The molecular weight excluding hydrogens is 1750 g/mol. The average molecular weight is 1770 g/mol. The van der Waals surface area contributed by atoms with E-state index < -0.39 is 176 Å². The molecule has 2 rings (SSSR count). The van der Waals surface area contributed by atoms with Crippen LogP contribution >= 0.6 is 8.17 Å². The van der Waals surface area contributed by atoms with E-state index in [9.17, 15) is 64.9 Å². The van der Waals surface area contributed by atoms with Crippen molar-refractivity contribution in [2.75, 3.05) is 0 Å². The molecule has 0 aromatic rings.